The standard InChI is InChI=1S/C13H17NO/c15-13-10-12(8-9-14-13)7-6-11-4-2-1-3-5-11/h1-5,12H,6-10H2,(H,14,15). The lowest BCUT2D eigenvalue weighted by molar-refractivity contribution is -0.123. The number of nitrogens with one attached hydrogen (secondary N) is 1. The minimum absolute atomic E-state index is 0.222. The van der Waals surface area contributed by atoms with Gasteiger partial charge < -0.3 is 5.32 Å². The van der Waals surface area contributed by atoms with Crippen molar-refractivity contribution < 1.29 is 4.79 Å². The van der Waals surface area contributed by atoms with Crippen molar-refractivity contribution in [1.29, 1.82) is 0 Å². The number of aryl methyl sites for hydroxylation is 1. The molecule has 2 heteroatoms. The Hall–Kier alpha value is -1.31. The van der Waals surface area contributed by atoms with Gasteiger partial charge >= 0.3 is 0 Å². The van der Waals surface area contributed by atoms with Crippen LogP contribution >= 0.6 is 0 Å². The van der Waals surface area contributed by atoms with Gasteiger partial charge in [0.25, 0.3) is 0 Å². The van der Waals surface area contributed by atoms with Crippen LogP contribution in [0.1, 0.15) is 24.8 Å². The minimum atomic E-state index is 0.222. The number of carbonyl (C=O) groups is 1. The van der Waals surface area contributed by atoms with Crippen LogP contribution in [0.2, 0.25) is 0 Å². The van der Waals surface area contributed by atoms with Gasteiger partial charge in [-0.1, -0.05) is 30.3 Å². The van der Waals surface area contributed by atoms with Gasteiger partial charge in [0.1, 0.15) is 0 Å². The fourth-order valence-corrected chi connectivity index (χ4v) is 2.11. The van der Waals surface area contributed by atoms with Crippen LogP contribution in [0.25, 0.3) is 0 Å². The van der Waals surface area contributed by atoms with Gasteiger partial charge in [-0.3, -0.25) is 4.79 Å². The number of hydrogen-bond acceptors (Lipinski definition) is 1. The van der Waals surface area contributed by atoms with Crippen molar-refractivity contribution in [2.45, 2.75) is 25.7 Å². The molecule has 1 aromatic carbocycles. The zero-order valence-corrected chi connectivity index (χ0v) is 8.91. The third-order valence-electron chi connectivity index (χ3n) is 3.03. The minimum Gasteiger partial charge on any atom is -0.356 e. The van der Waals surface area contributed by atoms with Crippen LogP contribution in [0.15, 0.2) is 30.3 Å². The second kappa shape index (κ2) is 4.96. The topological polar surface area (TPSA) is 29.1 Å². The number of benzene rings is 1. The van der Waals surface area contributed by atoms with E-state index in [-0.39, 0.29) is 5.91 Å². The van der Waals surface area contributed by atoms with Crippen molar-refractivity contribution in [3.63, 3.8) is 0 Å². The molecule has 2 rings (SSSR count). The van der Waals surface area contributed by atoms with Crippen LogP contribution in [0, 0.1) is 5.92 Å². The summed E-state index contributed by atoms with van der Waals surface area (Å²) in [6.07, 6.45) is 4.08. The second-order valence-corrected chi connectivity index (χ2v) is 4.23. The molecule has 1 aromatic rings. The highest BCUT2D eigenvalue weighted by Gasteiger charge is 2.18. The number of carbonyl (C=O) groups excluding carboxylic acids is 1. The summed E-state index contributed by atoms with van der Waals surface area (Å²) in [5.41, 5.74) is 1.38. The van der Waals surface area contributed by atoms with E-state index in [9.17, 15) is 4.79 Å². The Balaban J connectivity index is 1.80. The fraction of sp³-hybridized carbons (Fsp3) is 0.462. The van der Waals surface area contributed by atoms with Crippen molar-refractivity contribution in [2.75, 3.05) is 6.54 Å². The zero-order valence-electron chi connectivity index (χ0n) is 8.91. The lowest BCUT2D eigenvalue weighted by atomic mass is 9.91. The maximum atomic E-state index is 11.2. The van der Waals surface area contributed by atoms with Gasteiger partial charge in [0.2, 0.25) is 5.91 Å². The van der Waals surface area contributed by atoms with Crippen LogP contribution in [-0.4, -0.2) is 12.5 Å². The van der Waals surface area contributed by atoms with Gasteiger partial charge in [-0.15, -0.1) is 0 Å². The summed E-state index contributed by atoms with van der Waals surface area (Å²) in [5, 5.41) is 2.87. The monoisotopic (exact) mass is 203 g/mol. The molecule has 1 atom stereocenters. The lowest BCUT2D eigenvalue weighted by Crippen LogP contribution is -2.33. The van der Waals surface area contributed by atoms with Crippen molar-refractivity contribution in [2.24, 2.45) is 5.92 Å². The summed E-state index contributed by atoms with van der Waals surface area (Å²) in [6.45, 7) is 0.859. The molecule has 0 saturated carbocycles. The molecular weight excluding hydrogens is 186 g/mol. The molecule has 1 aliphatic heterocycles. The average molecular weight is 203 g/mol. The Morgan fingerprint density at radius 1 is 1.27 bits per heavy atom. The van der Waals surface area contributed by atoms with Crippen molar-refractivity contribution in [1.82, 2.24) is 5.32 Å². The molecule has 1 unspecified atom stereocenters. The molecule has 0 radical (unpaired) electrons. The summed E-state index contributed by atoms with van der Waals surface area (Å²) in [4.78, 5) is 11.2. The molecule has 1 saturated heterocycles. The molecule has 1 amide bonds. The van der Waals surface area contributed by atoms with Crippen LogP contribution in [-0.2, 0) is 11.2 Å². The van der Waals surface area contributed by atoms with Crippen LogP contribution < -0.4 is 5.32 Å². The largest absolute Gasteiger partial charge is 0.356 e. The number of hydrogen-bond donors (Lipinski definition) is 1. The molecule has 1 heterocycles. The van der Waals surface area contributed by atoms with Gasteiger partial charge in [0.05, 0.1) is 0 Å². The summed E-state index contributed by atoms with van der Waals surface area (Å²) in [5.74, 6) is 0.804. The van der Waals surface area contributed by atoms with Crippen LogP contribution in [0.4, 0.5) is 0 Å². The van der Waals surface area contributed by atoms with Crippen LogP contribution in [0.5, 0.6) is 0 Å². The van der Waals surface area contributed by atoms with E-state index >= 15 is 0 Å². The van der Waals surface area contributed by atoms with Gasteiger partial charge in [0.15, 0.2) is 0 Å². The Morgan fingerprint density at radius 2 is 2.07 bits per heavy atom. The Bertz CT molecular complexity index is 321. The highest BCUT2D eigenvalue weighted by molar-refractivity contribution is 5.76. The average Bonchev–Trinajstić information content (AvgIpc) is 2.28. The summed E-state index contributed by atoms with van der Waals surface area (Å²) >= 11 is 0. The molecule has 2 nitrogen and oxygen atoms in total. The van der Waals surface area contributed by atoms with E-state index in [0.29, 0.717) is 12.3 Å². The molecule has 80 valence electrons. The second-order valence-electron chi connectivity index (χ2n) is 4.23. The van der Waals surface area contributed by atoms with Crippen LogP contribution in [0.3, 0.4) is 0 Å². The van der Waals surface area contributed by atoms with Gasteiger partial charge in [0, 0.05) is 13.0 Å². The molecular formula is C13H17NO. The predicted molar refractivity (Wildman–Crippen MR) is 60.5 cm³/mol. The van der Waals surface area contributed by atoms with Gasteiger partial charge in [-0.2, -0.15) is 0 Å². The van der Waals surface area contributed by atoms with Gasteiger partial charge in [-0.25, -0.2) is 0 Å². The Morgan fingerprint density at radius 3 is 2.80 bits per heavy atom. The third kappa shape index (κ3) is 3.08. The van der Waals surface area contributed by atoms with E-state index in [1.807, 2.05) is 6.07 Å². The normalized spacial score (nSPS) is 21.1. The quantitative estimate of drug-likeness (QED) is 0.801. The smallest absolute Gasteiger partial charge is 0.220 e. The van der Waals surface area contributed by atoms with E-state index in [2.05, 4.69) is 29.6 Å². The van der Waals surface area contributed by atoms with E-state index < -0.39 is 0 Å². The number of piperidine rings is 1. The molecule has 0 spiro atoms. The zero-order chi connectivity index (χ0) is 10.5. The molecule has 1 N–H and O–H groups in total. The van der Waals surface area contributed by atoms with E-state index in [1.54, 1.807) is 0 Å². The molecule has 15 heavy (non-hydrogen) atoms. The Kier molecular flexibility index (Phi) is 3.38. The maximum Gasteiger partial charge on any atom is 0.220 e. The summed E-state index contributed by atoms with van der Waals surface area (Å²) in [7, 11) is 0. The summed E-state index contributed by atoms with van der Waals surface area (Å²) < 4.78 is 0. The molecule has 0 bridgehead atoms. The third-order valence-corrected chi connectivity index (χ3v) is 3.03. The first-order chi connectivity index (χ1) is 7.34. The fourth-order valence-electron chi connectivity index (χ4n) is 2.11. The van der Waals surface area contributed by atoms with E-state index in [4.69, 9.17) is 0 Å². The highest BCUT2D eigenvalue weighted by Crippen LogP contribution is 2.19. The molecule has 0 aliphatic carbocycles. The van der Waals surface area contributed by atoms with Crippen molar-refractivity contribution in [3.05, 3.63) is 35.9 Å². The van der Waals surface area contributed by atoms with E-state index in [0.717, 1.165) is 25.8 Å². The first-order valence-corrected chi connectivity index (χ1v) is 5.65. The first-order valence-electron chi connectivity index (χ1n) is 5.65. The number of rotatable bonds is 3. The first kappa shape index (κ1) is 10.2. The predicted octanol–water partition coefficient (Wildman–Crippen LogP) is 2.15. The lowest BCUT2D eigenvalue weighted by Gasteiger charge is -2.21. The molecule has 1 fully saturated rings. The highest BCUT2D eigenvalue weighted by atomic mass is 16.1. The molecule has 0 aromatic heterocycles. The van der Waals surface area contributed by atoms with Crippen molar-refractivity contribution in [3.8, 4) is 0 Å². The number of amides is 1. The van der Waals surface area contributed by atoms with Crippen molar-refractivity contribution >= 4 is 5.91 Å². The maximum absolute atomic E-state index is 11.2. The summed E-state index contributed by atoms with van der Waals surface area (Å²) in [6, 6.07) is 10.5. The SMILES string of the molecule is O=C1CC(CCc2ccccc2)CCN1. The van der Waals surface area contributed by atoms with Gasteiger partial charge in [-0.05, 0) is 30.7 Å². The Labute approximate surface area is 90.7 Å². The molecule has 1 aliphatic rings. The van der Waals surface area contributed by atoms with E-state index in [1.165, 1.54) is 5.56 Å².